The summed E-state index contributed by atoms with van der Waals surface area (Å²) in [5.74, 6) is -1.02. The lowest BCUT2D eigenvalue weighted by atomic mass is 10.2. The van der Waals surface area contributed by atoms with Crippen LogP contribution in [0, 0.1) is 0 Å². The molecule has 0 radical (unpaired) electrons. The van der Waals surface area contributed by atoms with Gasteiger partial charge in [0.25, 0.3) is 0 Å². The predicted molar refractivity (Wildman–Crippen MR) is 53.2 cm³/mol. The van der Waals surface area contributed by atoms with Crippen molar-refractivity contribution in [2.24, 2.45) is 0 Å². The van der Waals surface area contributed by atoms with Gasteiger partial charge in [0.05, 0.1) is 5.69 Å². The molecule has 0 unspecified atom stereocenters. The summed E-state index contributed by atoms with van der Waals surface area (Å²) in [5, 5.41) is 20.6. The Morgan fingerprint density at radius 1 is 1.57 bits per heavy atom. The van der Waals surface area contributed by atoms with E-state index in [0.29, 0.717) is 5.69 Å². The SMILES string of the molecule is C[C@H](Nc1ccc(N)c(O)c1)C(=O)O. The summed E-state index contributed by atoms with van der Waals surface area (Å²) in [7, 11) is 0. The Kier molecular flexibility index (Phi) is 2.81. The molecule has 0 aliphatic heterocycles. The molecule has 1 atom stereocenters. The smallest absolute Gasteiger partial charge is 0.325 e. The molecule has 5 heteroatoms. The molecular formula is C9H12N2O3. The molecule has 5 nitrogen and oxygen atoms in total. The maximum Gasteiger partial charge on any atom is 0.325 e. The zero-order chi connectivity index (χ0) is 10.7. The second-order valence-corrected chi connectivity index (χ2v) is 2.98. The van der Waals surface area contributed by atoms with Crippen LogP contribution in [0.2, 0.25) is 0 Å². The maximum atomic E-state index is 10.5. The Morgan fingerprint density at radius 2 is 2.21 bits per heavy atom. The van der Waals surface area contributed by atoms with E-state index in [-0.39, 0.29) is 11.4 Å². The van der Waals surface area contributed by atoms with Crippen LogP contribution in [-0.4, -0.2) is 22.2 Å². The molecule has 0 saturated carbocycles. The number of anilines is 2. The monoisotopic (exact) mass is 196 g/mol. The minimum Gasteiger partial charge on any atom is -0.506 e. The van der Waals surface area contributed by atoms with Crippen molar-refractivity contribution >= 4 is 17.3 Å². The second-order valence-electron chi connectivity index (χ2n) is 2.98. The number of benzene rings is 1. The number of aliphatic carboxylic acids is 1. The van der Waals surface area contributed by atoms with Crippen molar-refractivity contribution in [3.63, 3.8) is 0 Å². The van der Waals surface area contributed by atoms with Crippen molar-refractivity contribution in [1.82, 2.24) is 0 Å². The fraction of sp³-hybridized carbons (Fsp3) is 0.222. The highest BCUT2D eigenvalue weighted by atomic mass is 16.4. The van der Waals surface area contributed by atoms with Gasteiger partial charge in [-0.15, -0.1) is 0 Å². The normalized spacial score (nSPS) is 12.1. The fourth-order valence-corrected chi connectivity index (χ4v) is 0.945. The molecule has 1 rings (SSSR count). The van der Waals surface area contributed by atoms with Crippen LogP contribution < -0.4 is 11.1 Å². The molecule has 0 bridgehead atoms. The second kappa shape index (κ2) is 3.87. The Morgan fingerprint density at radius 3 is 2.71 bits per heavy atom. The van der Waals surface area contributed by atoms with Gasteiger partial charge in [-0.2, -0.15) is 0 Å². The topological polar surface area (TPSA) is 95.6 Å². The molecule has 14 heavy (non-hydrogen) atoms. The molecular weight excluding hydrogens is 184 g/mol. The van der Waals surface area contributed by atoms with E-state index in [1.54, 1.807) is 6.07 Å². The first-order valence-corrected chi connectivity index (χ1v) is 4.08. The van der Waals surface area contributed by atoms with Gasteiger partial charge >= 0.3 is 5.97 Å². The minimum absolute atomic E-state index is 0.0624. The number of nitrogen functional groups attached to an aromatic ring is 1. The first-order chi connectivity index (χ1) is 6.50. The Balaban J connectivity index is 2.78. The fourth-order valence-electron chi connectivity index (χ4n) is 0.945. The summed E-state index contributed by atoms with van der Waals surface area (Å²) in [6.45, 7) is 1.51. The van der Waals surface area contributed by atoms with Gasteiger partial charge in [0.15, 0.2) is 0 Å². The van der Waals surface area contributed by atoms with Crippen LogP contribution in [0.3, 0.4) is 0 Å². The highest BCUT2D eigenvalue weighted by molar-refractivity contribution is 5.77. The predicted octanol–water partition coefficient (Wildman–Crippen LogP) is 0.859. The van der Waals surface area contributed by atoms with Gasteiger partial charge in [0.2, 0.25) is 0 Å². The zero-order valence-electron chi connectivity index (χ0n) is 7.69. The number of nitrogens with two attached hydrogens (primary N) is 1. The van der Waals surface area contributed by atoms with Crippen LogP contribution in [0.15, 0.2) is 18.2 Å². The highest BCUT2D eigenvalue weighted by Gasteiger charge is 2.10. The molecule has 0 aliphatic carbocycles. The van der Waals surface area contributed by atoms with E-state index < -0.39 is 12.0 Å². The molecule has 1 aromatic rings. The summed E-state index contributed by atoms with van der Waals surface area (Å²) in [4.78, 5) is 10.5. The third-order valence-electron chi connectivity index (χ3n) is 1.78. The van der Waals surface area contributed by atoms with Crippen LogP contribution in [0.1, 0.15) is 6.92 Å². The highest BCUT2D eigenvalue weighted by Crippen LogP contribution is 2.23. The van der Waals surface area contributed by atoms with Gasteiger partial charge in [0.1, 0.15) is 11.8 Å². The molecule has 0 spiro atoms. The maximum absolute atomic E-state index is 10.5. The lowest BCUT2D eigenvalue weighted by molar-refractivity contribution is -0.137. The number of nitrogens with one attached hydrogen (secondary N) is 1. The first-order valence-electron chi connectivity index (χ1n) is 4.08. The molecule has 0 aromatic heterocycles. The number of rotatable bonds is 3. The molecule has 5 N–H and O–H groups in total. The Hall–Kier alpha value is -1.91. The van der Waals surface area contributed by atoms with Crippen molar-refractivity contribution in [3.8, 4) is 5.75 Å². The average Bonchev–Trinajstić information content (AvgIpc) is 2.11. The number of carboxylic acids is 1. The van der Waals surface area contributed by atoms with E-state index in [4.69, 9.17) is 10.8 Å². The first kappa shape index (κ1) is 10.2. The van der Waals surface area contributed by atoms with Crippen molar-refractivity contribution in [1.29, 1.82) is 0 Å². The third-order valence-corrected chi connectivity index (χ3v) is 1.78. The minimum atomic E-state index is -0.957. The molecule has 76 valence electrons. The van der Waals surface area contributed by atoms with Crippen molar-refractivity contribution in [2.75, 3.05) is 11.1 Å². The third kappa shape index (κ3) is 2.29. The van der Waals surface area contributed by atoms with E-state index in [0.717, 1.165) is 0 Å². The van der Waals surface area contributed by atoms with E-state index in [1.165, 1.54) is 19.1 Å². The lowest BCUT2D eigenvalue weighted by Crippen LogP contribution is -2.25. The quantitative estimate of drug-likeness (QED) is 0.424. The van der Waals surface area contributed by atoms with Crippen LogP contribution in [-0.2, 0) is 4.79 Å². The van der Waals surface area contributed by atoms with Crippen molar-refractivity contribution in [3.05, 3.63) is 18.2 Å². The van der Waals surface area contributed by atoms with Crippen molar-refractivity contribution < 1.29 is 15.0 Å². The van der Waals surface area contributed by atoms with E-state index >= 15 is 0 Å². The zero-order valence-corrected chi connectivity index (χ0v) is 7.69. The number of hydrogen-bond donors (Lipinski definition) is 4. The van der Waals surface area contributed by atoms with Gasteiger partial charge in [-0.05, 0) is 19.1 Å². The summed E-state index contributed by atoms with van der Waals surface area (Å²) < 4.78 is 0. The molecule has 0 saturated heterocycles. The Labute approximate surface area is 81.2 Å². The van der Waals surface area contributed by atoms with Crippen LogP contribution in [0.4, 0.5) is 11.4 Å². The van der Waals surface area contributed by atoms with E-state index in [1.807, 2.05) is 0 Å². The van der Waals surface area contributed by atoms with Crippen LogP contribution >= 0.6 is 0 Å². The molecule has 0 amide bonds. The number of carboxylic acid groups (broad SMARTS) is 1. The van der Waals surface area contributed by atoms with E-state index in [2.05, 4.69) is 5.32 Å². The molecule has 1 aromatic carbocycles. The summed E-state index contributed by atoms with van der Waals surface area (Å²) >= 11 is 0. The van der Waals surface area contributed by atoms with Crippen molar-refractivity contribution in [2.45, 2.75) is 13.0 Å². The summed E-state index contributed by atoms with van der Waals surface area (Å²) in [5.41, 5.74) is 6.17. The number of hydrogen-bond acceptors (Lipinski definition) is 4. The average molecular weight is 196 g/mol. The van der Waals surface area contributed by atoms with Gasteiger partial charge in [-0.25, -0.2) is 0 Å². The largest absolute Gasteiger partial charge is 0.506 e. The summed E-state index contributed by atoms with van der Waals surface area (Å²) in [6.07, 6.45) is 0. The van der Waals surface area contributed by atoms with Gasteiger partial charge in [-0.1, -0.05) is 0 Å². The molecule has 0 fully saturated rings. The van der Waals surface area contributed by atoms with Gasteiger partial charge in [-0.3, -0.25) is 4.79 Å². The molecule has 0 heterocycles. The number of carbonyl (C=O) groups is 1. The molecule has 0 aliphatic rings. The van der Waals surface area contributed by atoms with Crippen LogP contribution in [0.5, 0.6) is 5.75 Å². The summed E-state index contributed by atoms with van der Waals surface area (Å²) in [6, 6.07) is 3.79. The standard InChI is InChI=1S/C9H12N2O3/c1-5(9(13)14)11-6-2-3-7(10)8(12)4-6/h2-5,11-12H,10H2,1H3,(H,13,14)/t5-/m0/s1. The Bertz CT molecular complexity index is 352. The van der Waals surface area contributed by atoms with E-state index in [9.17, 15) is 9.90 Å². The number of phenols is 1. The number of phenolic OH excluding ortho intramolecular Hbond substituents is 1. The lowest BCUT2D eigenvalue weighted by Gasteiger charge is -2.11. The van der Waals surface area contributed by atoms with Gasteiger partial charge < -0.3 is 21.3 Å². The van der Waals surface area contributed by atoms with Crippen LogP contribution in [0.25, 0.3) is 0 Å². The van der Waals surface area contributed by atoms with Gasteiger partial charge in [0, 0.05) is 11.8 Å². The number of aromatic hydroxyl groups is 1.